The molecular formula is C15H12N4O3. The van der Waals surface area contributed by atoms with E-state index in [-0.39, 0.29) is 5.56 Å². The van der Waals surface area contributed by atoms with Gasteiger partial charge in [0.25, 0.3) is 5.91 Å². The highest BCUT2D eigenvalue weighted by Crippen LogP contribution is 2.16. The van der Waals surface area contributed by atoms with Crippen LogP contribution in [-0.4, -0.2) is 26.1 Å². The van der Waals surface area contributed by atoms with Gasteiger partial charge in [-0.05, 0) is 24.3 Å². The van der Waals surface area contributed by atoms with Crippen LogP contribution in [-0.2, 0) is 6.61 Å². The number of carbonyl (C=O) groups is 1. The van der Waals surface area contributed by atoms with E-state index in [0.717, 1.165) is 5.56 Å². The molecule has 0 aliphatic heterocycles. The van der Waals surface area contributed by atoms with Crippen molar-refractivity contribution in [3.8, 4) is 5.88 Å². The van der Waals surface area contributed by atoms with E-state index >= 15 is 0 Å². The van der Waals surface area contributed by atoms with Gasteiger partial charge in [-0.15, -0.1) is 0 Å². The molecule has 0 saturated heterocycles. The summed E-state index contributed by atoms with van der Waals surface area (Å²) in [7, 11) is 0. The molecule has 22 heavy (non-hydrogen) atoms. The van der Waals surface area contributed by atoms with Gasteiger partial charge in [0.15, 0.2) is 0 Å². The van der Waals surface area contributed by atoms with Crippen molar-refractivity contribution in [3.63, 3.8) is 0 Å². The van der Waals surface area contributed by atoms with E-state index in [2.05, 4.69) is 15.0 Å². The Balaban J connectivity index is 1.83. The van der Waals surface area contributed by atoms with Gasteiger partial charge in [-0.25, -0.2) is 15.4 Å². The second kappa shape index (κ2) is 6.15. The Hall–Kier alpha value is -3.06. The van der Waals surface area contributed by atoms with E-state index in [4.69, 9.17) is 9.94 Å². The largest absolute Gasteiger partial charge is 0.472 e. The van der Waals surface area contributed by atoms with Gasteiger partial charge in [-0.3, -0.25) is 15.0 Å². The topological polar surface area (TPSA) is 97.2 Å². The highest BCUT2D eigenvalue weighted by molar-refractivity contribution is 5.96. The number of benzene rings is 1. The van der Waals surface area contributed by atoms with E-state index in [0.29, 0.717) is 23.5 Å². The Kier molecular flexibility index (Phi) is 3.88. The van der Waals surface area contributed by atoms with Crippen LogP contribution in [0, 0.1) is 0 Å². The second-order valence-corrected chi connectivity index (χ2v) is 4.50. The number of hydrogen-bond acceptors (Lipinski definition) is 6. The summed E-state index contributed by atoms with van der Waals surface area (Å²) in [6, 6.07) is 8.46. The summed E-state index contributed by atoms with van der Waals surface area (Å²) < 4.78 is 5.56. The molecule has 0 radical (unpaired) electrons. The van der Waals surface area contributed by atoms with Gasteiger partial charge in [-0.1, -0.05) is 6.07 Å². The Morgan fingerprint density at radius 2 is 2.14 bits per heavy atom. The van der Waals surface area contributed by atoms with E-state index < -0.39 is 5.91 Å². The Morgan fingerprint density at radius 1 is 1.23 bits per heavy atom. The Morgan fingerprint density at radius 3 is 2.91 bits per heavy atom. The molecule has 2 heterocycles. The number of aromatic nitrogens is 3. The minimum atomic E-state index is -0.606. The summed E-state index contributed by atoms with van der Waals surface area (Å²) in [6.07, 6.45) is 4.91. The molecule has 2 aromatic heterocycles. The first-order valence-corrected chi connectivity index (χ1v) is 6.49. The van der Waals surface area contributed by atoms with Crippen molar-refractivity contribution < 1.29 is 14.7 Å². The molecule has 7 heteroatoms. The number of nitrogens with zero attached hydrogens (tertiary/aromatic N) is 3. The van der Waals surface area contributed by atoms with Crippen LogP contribution in [0.1, 0.15) is 15.9 Å². The Bertz CT molecular complexity index is 808. The zero-order valence-corrected chi connectivity index (χ0v) is 11.4. The van der Waals surface area contributed by atoms with Crippen LogP contribution in [0.2, 0.25) is 0 Å². The molecule has 1 amide bonds. The zero-order valence-electron chi connectivity index (χ0n) is 11.4. The lowest BCUT2D eigenvalue weighted by Crippen LogP contribution is -2.18. The third-order valence-electron chi connectivity index (χ3n) is 2.99. The zero-order chi connectivity index (χ0) is 15.4. The third kappa shape index (κ3) is 2.99. The third-order valence-corrected chi connectivity index (χ3v) is 2.99. The molecule has 0 aliphatic rings. The Labute approximate surface area is 125 Å². The quantitative estimate of drug-likeness (QED) is 0.562. The fraction of sp³-hybridized carbons (Fsp3) is 0.0667. The van der Waals surface area contributed by atoms with Crippen LogP contribution in [0.3, 0.4) is 0 Å². The van der Waals surface area contributed by atoms with Crippen LogP contribution in [0.5, 0.6) is 5.88 Å². The number of pyridine rings is 1. The number of nitrogens with one attached hydrogen (secondary N) is 1. The first-order valence-electron chi connectivity index (χ1n) is 6.49. The molecule has 3 rings (SSSR count). The maximum absolute atomic E-state index is 11.4. The molecule has 0 saturated carbocycles. The van der Waals surface area contributed by atoms with E-state index in [1.54, 1.807) is 30.0 Å². The highest BCUT2D eigenvalue weighted by atomic mass is 16.5. The maximum Gasteiger partial charge on any atom is 0.274 e. The summed E-state index contributed by atoms with van der Waals surface area (Å²) in [4.78, 5) is 23.9. The normalized spacial score (nSPS) is 10.4. The van der Waals surface area contributed by atoms with E-state index in [9.17, 15) is 4.79 Å². The molecule has 7 nitrogen and oxygen atoms in total. The number of ether oxygens (including phenoxy) is 1. The SMILES string of the molecule is O=C(NO)c1ccc2ncc(OCc3cccnc3)nc2c1. The average Bonchev–Trinajstić information content (AvgIpc) is 2.59. The highest BCUT2D eigenvalue weighted by Gasteiger charge is 2.07. The summed E-state index contributed by atoms with van der Waals surface area (Å²) in [5.74, 6) is -0.261. The van der Waals surface area contributed by atoms with Gasteiger partial charge in [0, 0.05) is 23.5 Å². The molecule has 0 spiro atoms. The first-order chi connectivity index (χ1) is 10.8. The molecule has 0 fully saturated rings. The fourth-order valence-corrected chi connectivity index (χ4v) is 1.91. The average molecular weight is 296 g/mol. The van der Waals surface area contributed by atoms with E-state index in [1.165, 1.54) is 12.3 Å². The van der Waals surface area contributed by atoms with Gasteiger partial charge in [0.05, 0.1) is 17.2 Å². The lowest BCUT2D eigenvalue weighted by molar-refractivity contribution is 0.0706. The molecule has 0 bridgehead atoms. The van der Waals surface area contributed by atoms with Crippen molar-refractivity contribution in [2.45, 2.75) is 6.61 Å². The van der Waals surface area contributed by atoms with Crippen molar-refractivity contribution in [2.24, 2.45) is 0 Å². The van der Waals surface area contributed by atoms with Gasteiger partial charge in [-0.2, -0.15) is 0 Å². The monoisotopic (exact) mass is 296 g/mol. The second-order valence-electron chi connectivity index (χ2n) is 4.50. The van der Waals surface area contributed by atoms with Crippen molar-refractivity contribution in [3.05, 3.63) is 60.0 Å². The van der Waals surface area contributed by atoms with Crippen molar-refractivity contribution in [2.75, 3.05) is 0 Å². The first kappa shape index (κ1) is 13.9. The molecule has 3 aromatic rings. The standard InChI is InChI=1S/C15H12N4O3/c20-15(19-21)11-3-4-12-13(6-11)18-14(8-17-12)22-9-10-2-1-5-16-7-10/h1-8,21H,9H2,(H,19,20). The molecule has 110 valence electrons. The van der Waals surface area contributed by atoms with Crippen LogP contribution >= 0.6 is 0 Å². The molecule has 0 unspecified atom stereocenters. The summed E-state index contributed by atoms with van der Waals surface area (Å²) in [5, 5.41) is 8.66. The number of carbonyl (C=O) groups excluding carboxylic acids is 1. The molecule has 1 aromatic carbocycles. The summed E-state index contributed by atoms with van der Waals surface area (Å²) >= 11 is 0. The van der Waals surface area contributed by atoms with Crippen LogP contribution in [0.4, 0.5) is 0 Å². The van der Waals surface area contributed by atoms with Gasteiger partial charge < -0.3 is 4.74 Å². The number of fused-ring (bicyclic) bond motifs is 1. The molecule has 0 atom stereocenters. The van der Waals surface area contributed by atoms with E-state index in [1.807, 2.05) is 12.1 Å². The van der Waals surface area contributed by atoms with Crippen molar-refractivity contribution in [1.29, 1.82) is 0 Å². The van der Waals surface area contributed by atoms with Crippen molar-refractivity contribution >= 4 is 16.9 Å². The summed E-state index contributed by atoms with van der Waals surface area (Å²) in [5.41, 5.74) is 3.91. The number of rotatable bonds is 4. The minimum Gasteiger partial charge on any atom is -0.472 e. The van der Waals surface area contributed by atoms with Crippen molar-refractivity contribution in [1.82, 2.24) is 20.4 Å². The smallest absolute Gasteiger partial charge is 0.274 e. The van der Waals surface area contributed by atoms with Gasteiger partial charge in [0.1, 0.15) is 6.61 Å². The lowest BCUT2D eigenvalue weighted by atomic mass is 10.2. The lowest BCUT2D eigenvalue weighted by Gasteiger charge is -2.06. The number of amides is 1. The van der Waals surface area contributed by atoms with Gasteiger partial charge in [0.2, 0.25) is 5.88 Å². The van der Waals surface area contributed by atoms with Gasteiger partial charge >= 0.3 is 0 Å². The van der Waals surface area contributed by atoms with Crippen LogP contribution < -0.4 is 10.2 Å². The molecule has 2 N–H and O–H groups in total. The predicted molar refractivity (Wildman–Crippen MR) is 77.4 cm³/mol. The minimum absolute atomic E-state index is 0.286. The molecular weight excluding hydrogens is 284 g/mol. The van der Waals surface area contributed by atoms with Crippen LogP contribution in [0.15, 0.2) is 48.9 Å². The fourth-order valence-electron chi connectivity index (χ4n) is 1.91. The predicted octanol–water partition coefficient (Wildman–Crippen LogP) is 1.72. The summed E-state index contributed by atoms with van der Waals surface area (Å²) in [6.45, 7) is 0.324. The molecule has 0 aliphatic carbocycles. The number of hydrogen-bond donors (Lipinski definition) is 2. The maximum atomic E-state index is 11.4. The van der Waals surface area contributed by atoms with Crippen LogP contribution in [0.25, 0.3) is 11.0 Å². The number of hydroxylamine groups is 1.